The predicted octanol–water partition coefficient (Wildman–Crippen LogP) is 5.23. The second-order valence-electron chi connectivity index (χ2n) is 7.78. The molecule has 2 aromatic carbocycles. The van der Waals surface area contributed by atoms with Crippen molar-refractivity contribution in [3.63, 3.8) is 0 Å². The number of carbonyl (C=O) groups is 1. The van der Waals surface area contributed by atoms with Crippen molar-refractivity contribution < 1.29 is 14.3 Å². The lowest BCUT2D eigenvalue weighted by Crippen LogP contribution is -2.16. The van der Waals surface area contributed by atoms with Crippen LogP contribution in [0.15, 0.2) is 39.8 Å². The number of pyridine rings is 1. The Morgan fingerprint density at radius 2 is 1.90 bits per heavy atom. The summed E-state index contributed by atoms with van der Waals surface area (Å²) in [6.45, 7) is 6.22. The lowest BCUT2D eigenvalue weighted by molar-refractivity contribution is 0.151. The number of primary amides is 1. The molecule has 160 valence electrons. The third kappa shape index (κ3) is 3.65. The molecule has 0 bridgehead atoms. The predicted molar refractivity (Wildman–Crippen MR) is 125 cm³/mol. The van der Waals surface area contributed by atoms with E-state index in [1.807, 2.05) is 43.7 Å². The molecule has 1 amide bonds. The van der Waals surface area contributed by atoms with Crippen LogP contribution in [-0.4, -0.2) is 24.8 Å². The van der Waals surface area contributed by atoms with E-state index in [1.54, 1.807) is 7.11 Å². The minimum atomic E-state index is -0.773. The van der Waals surface area contributed by atoms with E-state index >= 15 is 0 Å². The Kier molecular flexibility index (Phi) is 5.45. The molecule has 6 nitrogen and oxygen atoms in total. The molecule has 31 heavy (non-hydrogen) atoms. The van der Waals surface area contributed by atoms with Crippen LogP contribution < -0.4 is 16.0 Å². The van der Waals surface area contributed by atoms with Crippen LogP contribution in [-0.2, 0) is 4.74 Å². The number of rotatable bonds is 5. The number of aryl methyl sites for hydroxylation is 2. The first kappa shape index (κ1) is 20.9. The number of hydrogen-bond acceptors (Lipinski definition) is 5. The summed E-state index contributed by atoms with van der Waals surface area (Å²) in [7, 11) is 1.66. The van der Waals surface area contributed by atoms with Gasteiger partial charge in [-0.3, -0.25) is 4.79 Å². The molecule has 0 spiro atoms. The van der Waals surface area contributed by atoms with Gasteiger partial charge in [-0.2, -0.15) is 11.3 Å². The van der Waals surface area contributed by atoms with Gasteiger partial charge < -0.3 is 20.2 Å². The highest BCUT2D eigenvalue weighted by molar-refractivity contribution is 7.09. The van der Waals surface area contributed by atoms with Crippen molar-refractivity contribution in [3.05, 3.63) is 62.1 Å². The van der Waals surface area contributed by atoms with Gasteiger partial charge >= 0.3 is 6.09 Å². The minimum Gasteiger partial charge on any atom is -0.496 e. The van der Waals surface area contributed by atoms with E-state index in [2.05, 4.69) is 17.1 Å². The van der Waals surface area contributed by atoms with Gasteiger partial charge in [-0.1, -0.05) is 25.1 Å². The average Bonchev–Trinajstić information content (AvgIpc) is 3.23. The second kappa shape index (κ2) is 8.07. The van der Waals surface area contributed by atoms with Gasteiger partial charge in [0.1, 0.15) is 5.75 Å². The van der Waals surface area contributed by atoms with Crippen molar-refractivity contribution in [2.24, 2.45) is 5.73 Å². The van der Waals surface area contributed by atoms with Crippen LogP contribution >= 0.6 is 11.3 Å². The largest absolute Gasteiger partial charge is 0.496 e. The van der Waals surface area contributed by atoms with Crippen molar-refractivity contribution in [1.82, 2.24) is 4.98 Å². The number of H-pyrrole nitrogens is 1. The third-order valence-corrected chi connectivity index (χ3v) is 6.43. The first-order valence-corrected chi connectivity index (χ1v) is 10.9. The molecular formula is C24H24N2O4S. The number of amides is 1. The van der Waals surface area contributed by atoms with Crippen LogP contribution in [0.3, 0.4) is 0 Å². The molecule has 0 aliphatic heterocycles. The molecule has 0 radical (unpaired) electrons. The molecule has 4 aromatic rings. The van der Waals surface area contributed by atoms with Gasteiger partial charge in [0.2, 0.25) is 0 Å². The Morgan fingerprint density at radius 3 is 2.58 bits per heavy atom. The van der Waals surface area contributed by atoms with Crippen molar-refractivity contribution in [2.45, 2.75) is 26.7 Å². The Balaban J connectivity index is 1.96. The molecule has 0 aliphatic carbocycles. The molecule has 2 aromatic heterocycles. The summed E-state index contributed by atoms with van der Waals surface area (Å²) in [5.74, 6) is 0.766. The molecule has 1 unspecified atom stereocenters. The number of methoxy groups -OCH3 is 1. The van der Waals surface area contributed by atoms with Gasteiger partial charge in [0.25, 0.3) is 5.56 Å². The lowest BCUT2D eigenvalue weighted by Gasteiger charge is -2.19. The normalized spacial score (nSPS) is 12.3. The fourth-order valence-corrected chi connectivity index (χ4v) is 4.89. The summed E-state index contributed by atoms with van der Waals surface area (Å²) in [6, 6.07) is 8.13. The summed E-state index contributed by atoms with van der Waals surface area (Å²) < 4.78 is 10.7. The van der Waals surface area contributed by atoms with E-state index in [9.17, 15) is 9.59 Å². The van der Waals surface area contributed by atoms with Crippen LogP contribution in [0.2, 0.25) is 0 Å². The summed E-state index contributed by atoms with van der Waals surface area (Å²) in [5.41, 5.74) is 10.9. The molecule has 0 aliphatic rings. The molecule has 1 atom stereocenters. The van der Waals surface area contributed by atoms with Crippen LogP contribution in [0.1, 0.15) is 29.5 Å². The van der Waals surface area contributed by atoms with Crippen LogP contribution in [0.4, 0.5) is 4.79 Å². The van der Waals surface area contributed by atoms with E-state index in [4.69, 9.17) is 15.2 Å². The number of hydrogen-bond donors (Lipinski definition) is 2. The number of ether oxygens (including phenoxy) is 2. The maximum atomic E-state index is 12.6. The number of benzene rings is 2. The molecule has 7 heteroatoms. The molecule has 0 saturated carbocycles. The number of thiophene rings is 1. The quantitative estimate of drug-likeness (QED) is 0.448. The van der Waals surface area contributed by atoms with Crippen LogP contribution in [0.5, 0.6) is 5.75 Å². The Morgan fingerprint density at radius 1 is 1.16 bits per heavy atom. The van der Waals surface area contributed by atoms with E-state index in [1.165, 1.54) is 11.3 Å². The molecule has 3 N–H and O–H groups in total. The maximum Gasteiger partial charge on any atom is 0.404 e. The zero-order valence-corrected chi connectivity index (χ0v) is 18.7. The number of nitrogens with one attached hydrogen (secondary N) is 1. The fourth-order valence-electron chi connectivity index (χ4n) is 4.07. The van der Waals surface area contributed by atoms with E-state index < -0.39 is 6.09 Å². The zero-order valence-electron chi connectivity index (χ0n) is 17.9. The van der Waals surface area contributed by atoms with Gasteiger partial charge in [0.05, 0.1) is 24.6 Å². The Labute approximate surface area is 183 Å². The van der Waals surface area contributed by atoms with Gasteiger partial charge in [-0.15, -0.1) is 0 Å². The monoisotopic (exact) mass is 436 g/mol. The zero-order chi connectivity index (χ0) is 22.3. The molecular weight excluding hydrogens is 412 g/mol. The van der Waals surface area contributed by atoms with Crippen molar-refractivity contribution >= 4 is 39.1 Å². The van der Waals surface area contributed by atoms with Crippen LogP contribution in [0, 0.1) is 13.8 Å². The third-order valence-electron chi connectivity index (χ3n) is 5.69. The highest BCUT2D eigenvalue weighted by Gasteiger charge is 2.20. The van der Waals surface area contributed by atoms with Crippen molar-refractivity contribution in [1.29, 1.82) is 0 Å². The Bertz CT molecular complexity index is 1370. The van der Waals surface area contributed by atoms with Crippen molar-refractivity contribution in [3.8, 4) is 16.9 Å². The van der Waals surface area contributed by atoms with E-state index in [0.29, 0.717) is 5.39 Å². The van der Waals surface area contributed by atoms with Gasteiger partial charge in [-0.25, -0.2) is 4.79 Å². The first-order chi connectivity index (χ1) is 14.8. The number of nitrogens with two attached hydrogens (primary N) is 1. The number of aromatic amines is 1. The van der Waals surface area contributed by atoms with Crippen LogP contribution in [0.25, 0.3) is 32.8 Å². The van der Waals surface area contributed by atoms with Gasteiger partial charge in [0, 0.05) is 27.6 Å². The Hall–Kier alpha value is -3.32. The highest BCUT2D eigenvalue weighted by Crippen LogP contribution is 2.43. The average molecular weight is 437 g/mol. The summed E-state index contributed by atoms with van der Waals surface area (Å²) in [4.78, 5) is 26.6. The number of aromatic nitrogens is 1. The lowest BCUT2D eigenvalue weighted by atomic mass is 9.90. The SMILES string of the molecule is COc1cc(C)c2[nH]c(=O)c3cscc3c2c1-c1ccc(C(C)COC(N)=O)cc1C. The molecule has 0 fully saturated rings. The second-order valence-corrected chi connectivity index (χ2v) is 8.52. The standard InChI is InChI=1S/C24H24N2O4S/c1-12-7-15(14(3)9-30-24(25)28)5-6-16(12)20-19(29-4)8-13(2)22-21(20)17-10-31-11-18(17)23(27)26-22/h5-8,10-11,14H,9H2,1-4H3,(H2,25,28)(H,26,27). The van der Waals surface area contributed by atoms with E-state index in [-0.39, 0.29) is 18.1 Å². The van der Waals surface area contributed by atoms with Gasteiger partial charge in [0.15, 0.2) is 0 Å². The molecule has 4 rings (SSSR count). The summed E-state index contributed by atoms with van der Waals surface area (Å²) in [5, 5.41) is 6.48. The minimum absolute atomic E-state index is 0.0110. The number of fused-ring (bicyclic) bond motifs is 3. The number of carbonyl (C=O) groups excluding carboxylic acids is 1. The topological polar surface area (TPSA) is 94.4 Å². The maximum absolute atomic E-state index is 12.6. The smallest absolute Gasteiger partial charge is 0.404 e. The summed E-state index contributed by atoms with van der Waals surface area (Å²) >= 11 is 1.51. The molecule has 2 heterocycles. The van der Waals surface area contributed by atoms with Crippen molar-refractivity contribution in [2.75, 3.05) is 13.7 Å². The van der Waals surface area contributed by atoms with Gasteiger partial charge in [-0.05, 0) is 47.5 Å². The highest BCUT2D eigenvalue weighted by atomic mass is 32.1. The fraction of sp³-hybridized carbons (Fsp3) is 0.250. The molecule has 0 saturated heterocycles. The first-order valence-electron chi connectivity index (χ1n) is 9.94. The van der Waals surface area contributed by atoms with E-state index in [0.717, 1.165) is 49.9 Å². The summed E-state index contributed by atoms with van der Waals surface area (Å²) in [6.07, 6.45) is -0.773.